The lowest BCUT2D eigenvalue weighted by Gasteiger charge is -2.02. The van der Waals surface area contributed by atoms with Crippen LogP contribution in [0.3, 0.4) is 0 Å². The molecule has 1 radical (unpaired) electrons. The molecule has 2 heteroatoms. The Balaban J connectivity index is 2.17. The van der Waals surface area contributed by atoms with Gasteiger partial charge in [-0.1, -0.05) is 67.6 Å². The number of aromatic amines is 1. The van der Waals surface area contributed by atoms with Crippen LogP contribution in [0.5, 0.6) is 0 Å². The van der Waals surface area contributed by atoms with E-state index in [1.165, 1.54) is 0 Å². The summed E-state index contributed by atoms with van der Waals surface area (Å²) in [6, 6.07) is 20.6. The Morgan fingerprint density at radius 3 is 2.00 bits per heavy atom. The van der Waals surface area contributed by atoms with Gasteiger partial charge in [0.2, 0.25) is 0 Å². The summed E-state index contributed by atoms with van der Waals surface area (Å²) < 4.78 is 0. The first-order valence-corrected chi connectivity index (χ1v) is 6.38. The minimum Gasteiger partial charge on any atom is -0.341 e. The third kappa shape index (κ3) is 2.29. The van der Waals surface area contributed by atoms with Crippen molar-refractivity contribution >= 4 is 0 Å². The van der Waals surface area contributed by atoms with Crippen molar-refractivity contribution in [3.8, 4) is 22.5 Å². The second-order valence-corrected chi connectivity index (χ2v) is 4.37. The van der Waals surface area contributed by atoms with Crippen molar-refractivity contribution in [3.63, 3.8) is 0 Å². The zero-order chi connectivity index (χ0) is 13.1. The molecule has 3 aromatic rings. The van der Waals surface area contributed by atoms with Gasteiger partial charge in [0.15, 0.2) is 0 Å². The van der Waals surface area contributed by atoms with E-state index in [1.54, 1.807) is 0 Å². The maximum atomic E-state index is 4.66. The molecule has 0 atom stereocenters. The Labute approximate surface area is 113 Å². The number of aromatic nitrogens is 2. The Kier molecular flexibility index (Phi) is 3.15. The van der Waals surface area contributed by atoms with Crippen LogP contribution in [0.2, 0.25) is 0 Å². The fraction of sp³-hybridized carbons (Fsp3) is 0.0588. The van der Waals surface area contributed by atoms with E-state index in [0.29, 0.717) is 0 Å². The summed E-state index contributed by atoms with van der Waals surface area (Å²) in [6.07, 6.45) is 1.98. The Morgan fingerprint density at radius 2 is 1.42 bits per heavy atom. The van der Waals surface area contributed by atoms with E-state index in [1.807, 2.05) is 49.7 Å². The van der Waals surface area contributed by atoms with Gasteiger partial charge in [-0.2, -0.15) is 0 Å². The fourth-order valence-electron chi connectivity index (χ4n) is 2.15. The molecule has 0 spiro atoms. The number of imidazole rings is 1. The van der Waals surface area contributed by atoms with Gasteiger partial charge in [0.25, 0.3) is 0 Å². The maximum absolute atomic E-state index is 4.66. The van der Waals surface area contributed by atoms with Gasteiger partial charge in [-0.3, -0.25) is 0 Å². The molecule has 3 rings (SSSR count). The Bertz CT molecular complexity index is 597. The lowest BCUT2D eigenvalue weighted by molar-refractivity contribution is 1.16. The van der Waals surface area contributed by atoms with Crippen molar-refractivity contribution in [2.24, 2.45) is 0 Å². The molecule has 0 aliphatic heterocycles. The molecular formula is C17H15N2. The van der Waals surface area contributed by atoms with Crippen molar-refractivity contribution in [3.05, 3.63) is 72.9 Å². The van der Waals surface area contributed by atoms with E-state index in [2.05, 4.69) is 34.2 Å². The van der Waals surface area contributed by atoms with Gasteiger partial charge in [0, 0.05) is 17.5 Å². The van der Waals surface area contributed by atoms with Crippen LogP contribution in [-0.2, 0) is 0 Å². The topological polar surface area (TPSA) is 28.7 Å². The summed E-state index contributed by atoms with van der Waals surface area (Å²) in [4.78, 5) is 8.04. The summed E-state index contributed by atoms with van der Waals surface area (Å²) in [7, 11) is 0. The average molecular weight is 247 g/mol. The first-order chi connectivity index (χ1) is 9.38. The largest absolute Gasteiger partial charge is 0.341 e. The molecular weight excluding hydrogens is 232 g/mol. The van der Waals surface area contributed by atoms with Gasteiger partial charge in [0.1, 0.15) is 5.82 Å². The van der Waals surface area contributed by atoms with Crippen LogP contribution in [0.15, 0.2) is 60.7 Å². The molecule has 0 unspecified atom stereocenters. The highest BCUT2D eigenvalue weighted by atomic mass is 14.9. The molecule has 93 valence electrons. The predicted octanol–water partition coefficient (Wildman–Crippen LogP) is 4.32. The minimum absolute atomic E-state index is 0.901. The van der Waals surface area contributed by atoms with Gasteiger partial charge in [-0.05, 0) is 0 Å². The summed E-state index contributed by atoms with van der Waals surface area (Å²) in [5.41, 5.74) is 4.35. The molecule has 2 nitrogen and oxygen atoms in total. The van der Waals surface area contributed by atoms with Crippen molar-refractivity contribution in [1.29, 1.82) is 0 Å². The molecule has 0 amide bonds. The second-order valence-electron chi connectivity index (χ2n) is 4.37. The van der Waals surface area contributed by atoms with E-state index in [4.69, 9.17) is 0 Å². The van der Waals surface area contributed by atoms with Crippen molar-refractivity contribution in [1.82, 2.24) is 9.97 Å². The van der Waals surface area contributed by atoms with Crippen LogP contribution in [-0.4, -0.2) is 9.97 Å². The van der Waals surface area contributed by atoms with E-state index in [9.17, 15) is 0 Å². The molecule has 2 aromatic carbocycles. The first kappa shape index (κ1) is 11.7. The van der Waals surface area contributed by atoms with E-state index in [-0.39, 0.29) is 0 Å². The molecule has 0 bridgehead atoms. The number of H-pyrrole nitrogens is 1. The van der Waals surface area contributed by atoms with Crippen LogP contribution in [0.1, 0.15) is 12.7 Å². The van der Waals surface area contributed by atoms with Crippen LogP contribution >= 0.6 is 0 Å². The fourth-order valence-corrected chi connectivity index (χ4v) is 2.15. The van der Waals surface area contributed by atoms with E-state index in [0.717, 1.165) is 28.3 Å². The molecule has 1 heterocycles. The summed E-state index contributed by atoms with van der Waals surface area (Å²) in [5, 5.41) is 0. The standard InChI is InChI=1S/C17H15N2/c1-2-15-18-16(13-9-5-3-6-10-13)17(19-15)14-11-7-4-8-12-14/h2-12H,1H3,(H,18,19). The number of benzene rings is 2. The van der Waals surface area contributed by atoms with Gasteiger partial charge in [0.05, 0.1) is 11.4 Å². The SMILES string of the molecule is C[CH]c1nc(-c2ccccc2)c(-c2ccccc2)[nH]1. The third-order valence-electron chi connectivity index (χ3n) is 3.11. The van der Waals surface area contributed by atoms with Crippen LogP contribution in [0.4, 0.5) is 0 Å². The molecule has 0 aliphatic carbocycles. The molecule has 19 heavy (non-hydrogen) atoms. The first-order valence-electron chi connectivity index (χ1n) is 6.38. The van der Waals surface area contributed by atoms with Gasteiger partial charge < -0.3 is 4.98 Å². The maximum Gasteiger partial charge on any atom is 0.110 e. The van der Waals surface area contributed by atoms with Crippen LogP contribution in [0, 0.1) is 6.42 Å². The summed E-state index contributed by atoms with van der Waals surface area (Å²) in [5.74, 6) is 0.901. The number of hydrogen-bond donors (Lipinski definition) is 1. The summed E-state index contributed by atoms with van der Waals surface area (Å²) in [6.45, 7) is 1.99. The second kappa shape index (κ2) is 5.11. The average Bonchev–Trinajstić information content (AvgIpc) is 2.93. The highest BCUT2D eigenvalue weighted by Gasteiger charge is 2.12. The van der Waals surface area contributed by atoms with Crippen molar-refractivity contribution in [2.45, 2.75) is 6.92 Å². The zero-order valence-electron chi connectivity index (χ0n) is 10.8. The molecule has 0 fully saturated rings. The molecule has 1 N–H and O–H groups in total. The van der Waals surface area contributed by atoms with Gasteiger partial charge in [-0.15, -0.1) is 0 Å². The number of nitrogens with zero attached hydrogens (tertiary/aromatic N) is 1. The molecule has 1 aromatic heterocycles. The van der Waals surface area contributed by atoms with Crippen molar-refractivity contribution in [2.75, 3.05) is 0 Å². The minimum atomic E-state index is 0.901. The molecule has 0 aliphatic rings. The number of rotatable bonds is 3. The summed E-state index contributed by atoms with van der Waals surface area (Å²) >= 11 is 0. The number of hydrogen-bond acceptors (Lipinski definition) is 1. The predicted molar refractivity (Wildman–Crippen MR) is 78.5 cm³/mol. The van der Waals surface area contributed by atoms with Crippen molar-refractivity contribution < 1.29 is 0 Å². The van der Waals surface area contributed by atoms with Crippen LogP contribution < -0.4 is 0 Å². The molecule has 0 saturated heterocycles. The zero-order valence-corrected chi connectivity index (χ0v) is 10.8. The quantitative estimate of drug-likeness (QED) is 0.733. The lowest BCUT2D eigenvalue weighted by atomic mass is 10.1. The van der Waals surface area contributed by atoms with E-state index >= 15 is 0 Å². The van der Waals surface area contributed by atoms with Gasteiger partial charge >= 0.3 is 0 Å². The Morgan fingerprint density at radius 1 is 0.842 bits per heavy atom. The smallest absolute Gasteiger partial charge is 0.110 e. The van der Waals surface area contributed by atoms with Gasteiger partial charge in [-0.25, -0.2) is 4.98 Å². The highest BCUT2D eigenvalue weighted by Crippen LogP contribution is 2.30. The van der Waals surface area contributed by atoms with Crippen LogP contribution in [0.25, 0.3) is 22.5 Å². The number of nitrogens with one attached hydrogen (secondary N) is 1. The molecule has 0 saturated carbocycles. The normalized spacial score (nSPS) is 10.6. The highest BCUT2D eigenvalue weighted by molar-refractivity contribution is 5.78. The lowest BCUT2D eigenvalue weighted by Crippen LogP contribution is -1.82. The third-order valence-corrected chi connectivity index (χ3v) is 3.11. The van der Waals surface area contributed by atoms with E-state index < -0.39 is 0 Å². The monoisotopic (exact) mass is 247 g/mol. The Hall–Kier alpha value is -2.35.